The van der Waals surface area contributed by atoms with E-state index in [4.69, 9.17) is 0 Å². The number of anilines is 4. The highest BCUT2D eigenvalue weighted by molar-refractivity contribution is 6.12. The second kappa shape index (κ2) is 12.8. The molecule has 0 aliphatic rings. The number of amides is 4. The van der Waals surface area contributed by atoms with E-state index in [0.717, 1.165) is 0 Å². The minimum Gasteiger partial charge on any atom is -0.303 e. The lowest BCUT2D eigenvalue weighted by Crippen LogP contribution is -2.23. The molecule has 0 saturated heterocycles. The van der Waals surface area contributed by atoms with Crippen molar-refractivity contribution in [2.45, 2.75) is 0 Å². The van der Waals surface area contributed by atoms with E-state index in [2.05, 4.69) is 31.2 Å². The number of hydrogen-bond acceptors (Lipinski definition) is 6. The lowest BCUT2D eigenvalue weighted by molar-refractivity contribution is 0.101. The topological polar surface area (TPSA) is 142 Å². The van der Waals surface area contributed by atoms with Crippen molar-refractivity contribution >= 4 is 46.9 Å². The van der Waals surface area contributed by atoms with Crippen LogP contribution in [0.25, 0.3) is 0 Å². The Morgan fingerprint density at radius 2 is 0.524 bits per heavy atom. The number of carbonyl (C=O) groups is 4. The fraction of sp³-hybridized carbons (Fsp3) is 0. The second-order valence-corrected chi connectivity index (χ2v) is 8.90. The Morgan fingerprint density at radius 1 is 0.333 bits per heavy atom. The molecule has 1 aromatic heterocycles. The van der Waals surface area contributed by atoms with Crippen LogP contribution in [0.5, 0.6) is 0 Å². The summed E-state index contributed by atoms with van der Waals surface area (Å²) in [5.74, 6) is -2.68. The minimum absolute atomic E-state index is 0.144. The molecule has 1 heterocycles. The fourth-order valence-corrected chi connectivity index (χ4v) is 3.86. The zero-order chi connectivity index (χ0) is 29.3. The predicted molar refractivity (Wildman–Crippen MR) is 160 cm³/mol. The van der Waals surface area contributed by atoms with E-state index < -0.39 is 23.6 Å². The van der Waals surface area contributed by atoms with Crippen molar-refractivity contribution in [2.24, 2.45) is 0 Å². The first-order valence-corrected chi connectivity index (χ1v) is 12.9. The molecule has 42 heavy (non-hydrogen) atoms. The van der Waals surface area contributed by atoms with Crippen LogP contribution in [0.2, 0.25) is 0 Å². The first-order chi connectivity index (χ1) is 20.5. The van der Waals surface area contributed by atoms with Gasteiger partial charge in [0, 0.05) is 22.3 Å². The van der Waals surface area contributed by atoms with Crippen LogP contribution in [0.3, 0.4) is 0 Å². The maximum Gasteiger partial charge on any atom is 0.256 e. The summed E-state index contributed by atoms with van der Waals surface area (Å²) in [4.78, 5) is 61.2. The number of carbonyl (C=O) groups excluding carboxylic acids is 4. The summed E-state index contributed by atoms with van der Waals surface area (Å²) in [6.07, 6.45) is 0. The van der Waals surface area contributed by atoms with Crippen LogP contribution < -0.4 is 21.3 Å². The summed E-state index contributed by atoms with van der Waals surface area (Å²) in [7, 11) is 0. The molecular formula is C32H24N6O4. The molecular weight excluding hydrogens is 532 g/mol. The Bertz CT molecular complexity index is 1480. The highest BCUT2D eigenvalue weighted by Crippen LogP contribution is 2.28. The lowest BCUT2D eigenvalue weighted by Gasteiger charge is -2.17. The van der Waals surface area contributed by atoms with Crippen molar-refractivity contribution in [3.8, 4) is 0 Å². The number of hydrogen-bond donors (Lipinski definition) is 4. The maximum atomic E-state index is 13.1. The van der Waals surface area contributed by atoms with Crippen LogP contribution in [-0.4, -0.2) is 33.6 Å². The van der Waals surface area contributed by atoms with E-state index in [0.29, 0.717) is 22.3 Å². The lowest BCUT2D eigenvalue weighted by atomic mass is 10.2. The van der Waals surface area contributed by atoms with Gasteiger partial charge in [-0.05, 0) is 48.5 Å². The zero-order valence-electron chi connectivity index (χ0n) is 22.1. The second-order valence-electron chi connectivity index (χ2n) is 8.90. The van der Waals surface area contributed by atoms with Crippen LogP contribution in [-0.2, 0) is 0 Å². The Kier molecular flexibility index (Phi) is 8.35. The molecule has 0 atom stereocenters. The monoisotopic (exact) mass is 556 g/mol. The molecule has 5 rings (SSSR count). The van der Waals surface area contributed by atoms with E-state index in [1.54, 1.807) is 121 Å². The highest BCUT2D eigenvalue weighted by atomic mass is 16.2. The molecule has 0 aliphatic carbocycles. The number of aromatic nitrogens is 2. The van der Waals surface area contributed by atoms with Crippen LogP contribution >= 0.6 is 0 Å². The molecule has 4 N–H and O–H groups in total. The molecule has 0 fully saturated rings. The zero-order valence-corrected chi connectivity index (χ0v) is 22.1. The van der Waals surface area contributed by atoms with E-state index in [1.165, 1.54) is 0 Å². The van der Waals surface area contributed by atoms with Gasteiger partial charge in [0.1, 0.15) is 0 Å². The molecule has 0 bridgehead atoms. The number of rotatable bonds is 8. The van der Waals surface area contributed by atoms with Crippen molar-refractivity contribution in [1.82, 2.24) is 9.97 Å². The molecule has 0 unspecified atom stereocenters. The molecule has 0 radical (unpaired) electrons. The molecule has 0 spiro atoms. The van der Waals surface area contributed by atoms with Crippen molar-refractivity contribution in [2.75, 3.05) is 21.3 Å². The van der Waals surface area contributed by atoms with Gasteiger partial charge in [-0.25, -0.2) is 9.97 Å². The molecule has 10 nitrogen and oxygen atoms in total. The Hall–Kier alpha value is -6.16. The summed E-state index contributed by atoms with van der Waals surface area (Å²) in [5, 5.41) is 10.6. The van der Waals surface area contributed by atoms with Gasteiger partial charge in [0.2, 0.25) is 0 Å². The van der Waals surface area contributed by atoms with Crippen LogP contribution in [0.1, 0.15) is 41.4 Å². The van der Waals surface area contributed by atoms with E-state index in [9.17, 15) is 19.2 Å². The summed E-state index contributed by atoms with van der Waals surface area (Å²) < 4.78 is 0. The molecule has 10 heteroatoms. The van der Waals surface area contributed by atoms with Gasteiger partial charge in [0.15, 0.2) is 23.3 Å². The first-order valence-electron chi connectivity index (χ1n) is 12.9. The third-order valence-electron chi connectivity index (χ3n) is 5.97. The van der Waals surface area contributed by atoms with Crippen molar-refractivity contribution in [1.29, 1.82) is 0 Å². The molecule has 0 aliphatic heterocycles. The van der Waals surface area contributed by atoms with Crippen LogP contribution in [0.15, 0.2) is 121 Å². The minimum atomic E-state index is -0.526. The number of nitrogens with one attached hydrogen (secondary N) is 4. The van der Waals surface area contributed by atoms with Gasteiger partial charge in [-0.15, -0.1) is 0 Å². The van der Waals surface area contributed by atoms with Gasteiger partial charge < -0.3 is 21.3 Å². The molecule has 5 aromatic rings. The summed E-state index contributed by atoms with van der Waals surface area (Å²) in [6.45, 7) is 0. The quantitative estimate of drug-likeness (QED) is 0.199. The standard InChI is InChI=1S/C32H24N6O4/c39-29(21-13-5-1-6-14-21)35-25-26(36-30(40)22-15-7-2-8-16-22)34-28(38-32(42)24-19-11-4-12-20-24)27(33-25)37-31(41)23-17-9-3-10-18-23/h1-20H,(H2,33,35,37,39,41)(H2,34,36,38,40,42). The van der Waals surface area contributed by atoms with E-state index in [1.807, 2.05) is 0 Å². The van der Waals surface area contributed by atoms with Crippen LogP contribution in [0, 0.1) is 0 Å². The van der Waals surface area contributed by atoms with Gasteiger partial charge >= 0.3 is 0 Å². The van der Waals surface area contributed by atoms with E-state index in [-0.39, 0.29) is 23.3 Å². The molecule has 0 saturated carbocycles. The normalized spacial score (nSPS) is 10.3. The highest BCUT2D eigenvalue weighted by Gasteiger charge is 2.22. The molecule has 4 amide bonds. The van der Waals surface area contributed by atoms with Gasteiger partial charge in [-0.1, -0.05) is 72.8 Å². The van der Waals surface area contributed by atoms with Gasteiger partial charge in [0.05, 0.1) is 0 Å². The third kappa shape index (κ3) is 6.69. The number of benzene rings is 4. The van der Waals surface area contributed by atoms with Gasteiger partial charge in [-0.3, -0.25) is 19.2 Å². The molecule has 206 valence electrons. The fourth-order valence-electron chi connectivity index (χ4n) is 3.86. The summed E-state index contributed by atoms with van der Waals surface area (Å²) >= 11 is 0. The SMILES string of the molecule is O=C(Nc1nc(NC(=O)c2ccccc2)c(NC(=O)c2ccccc2)nc1NC(=O)c1ccccc1)c1ccccc1. The summed E-state index contributed by atoms with van der Waals surface area (Å²) in [6, 6.07) is 33.5. The summed E-state index contributed by atoms with van der Waals surface area (Å²) in [5.41, 5.74) is 1.32. The van der Waals surface area contributed by atoms with E-state index >= 15 is 0 Å². The smallest absolute Gasteiger partial charge is 0.256 e. The van der Waals surface area contributed by atoms with Crippen molar-refractivity contribution in [3.63, 3.8) is 0 Å². The Morgan fingerprint density at radius 3 is 0.714 bits per heavy atom. The molecule has 4 aromatic carbocycles. The average Bonchev–Trinajstić information content (AvgIpc) is 3.04. The Balaban J connectivity index is 1.57. The predicted octanol–water partition coefficient (Wildman–Crippen LogP) is 5.49. The van der Waals surface area contributed by atoms with Crippen molar-refractivity contribution in [3.05, 3.63) is 144 Å². The van der Waals surface area contributed by atoms with Crippen molar-refractivity contribution < 1.29 is 19.2 Å². The van der Waals surface area contributed by atoms with Crippen LogP contribution in [0.4, 0.5) is 23.3 Å². The van der Waals surface area contributed by atoms with Gasteiger partial charge in [-0.2, -0.15) is 0 Å². The maximum absolute atomic E-state index is 13.1. The first kappa shape index (κ1) is 27.4. The van der Waals surface area contributed by atoms with Gasteiger partial charge in [0.25, 0.3) is 23.6 Å². The largest absolute Gasteiger partial charge is 0.303 e. The number of nitrogens with zero attached hydrogens (tertiary/aromatic N) is 2. The Labute approximate surface area is 240 Å². The average molecular weight is 557 g/mol. The third-order valence-corrected chi connectivity index (χ3v) is 5.97.